The summed E-state index contributed by atoms with van der Waals surface area (Å²) < 4.78 is 5.61. The van der Waals surface area contributed by atoms with Crippen LogP contribution in [-0.4, -0.2) is 37.2 Å². The number of methoxy groups -OCH3 is 1. The van der Waals surface area contributed by atoms with Gasteiger partial charge in [-0.3, -0.25) is 4.98 Å². The zero-order valence-corrected chi connectivity index (χ0v) is 18.7. The second-order valence-electron chi connectivity index (χ2n) is 7.16. The zero-order chi connectivity index (χ0) is 18.3. The van der Waals surface area contributed by atoms with E-state index in [4.69, 9.17) is 9.73 Å². The Morgan fingerprint density at radius 2 is 1.92 bits per heavy atom. The second-order valence-corrected chi connectivity index (χ2v) is 7.16. The number of rotatable bonds is 6. The Balaban J connectivity index is 0.00000338. The fourth-order valence-electron chi connectivity index (χ4n) is 2.73. The van der Waals surface area contributed by atoms with E-state index in [2.05, 4.69) is 67.6 Å². The van der Waals surface area contributed by atoms with Crippen LogP contribution in [0.5, 0.6) is 0 Å². The maximum Gasteiger partial charge on any atom is 0.191 e. The highest BCUT2D eigenvalue weighted by Crippen LogP contribution is 2.21. The van der Waals surface area contributed by atoms with Gasteiger partial charge in [0.1, 0.15) is 0 Å². The highest BCUT2D eigenvalue weighted by molar-refractivity contribution is 14.0. The quantitative estimate of drug-likeness (QED) is 0.381. The van der Waals surface area contributed by atoms with Crippen LogP contribution < -0.4 is 10.6 Å². The molecule has 1 heterocycles. The minimum Gasteiger partial charge on any atom is -0.379 e. The highest BCUT2D eigenvalue weighted by atomic mass is 127. The first-order valence-electron chi connectivity index (χ1n) is 8.83. The van der Waals surface area contributed by atoms with Crippen molar-refractivity contribution < 1.29 is 4.74 Å². The van der Waals surface area contributed by atoms with Crippen molar-refractivity contribution in [3.05, 3.63) is 42.1 Å². The van der Waals surface area contributed by atoms with Gasteiger partial charge in [0.15, 0.2) is 5.96 Å². The molecule has 26 heavy (non-hydrogen) atoms. The predicted molar refractivity (Wildman–Crippen MR) is 120 cm³/mol. The normalized spacial score (nSPS) is 13.2. The standard InChI is InChI=1S/C20H30N4O.HI/c1-6-21-19(24-14-17(25-5)20(2,3)4)23-13-16-10-7-9-15-11-8-12-22-18(15)16;/h7-12,17H,6,13-14H2,1-5H3,(H2,21,23,24);1H. The van der Waals surface area contributed by atoms with Gasteiger partial charge < -0.3 is 15.4 Å². The van der Waals surface area contributed by atoms with Gasteiger partial charge in [0.2, 0.25) is 0 Å². The van der Waals surface area contributed by atoms with E-state index in [1.165, 1.54) is 0 Å². The summed E-state index contributed by atoms with van der Waals surface area (Å²) in [5.41, 5.74) is 2.20. The second kappa shape index (κ2) is 10.7. The summed E-state index contributed by atoms with van der Waals surface area (Å²) in [6.45, 7) is 10.7. The monoisotopic (exact) mass is 470 g/mol. The minimum absolute atomic E-state index is 0. The van der Waals surface area contributed by atoms with Crippen LogP contribution in [0.15, 0.2) is 41.5 Å². The number of hydrogen-bond acceptors (Lipinski definition) is 3. The van der Waals surface area contributed by atoms with E-state index >= 15 is 0 Å². The molecule has 1 atom stereocenters. The number of pyridine rings is 1. The van der Waals surface area contributed by atoms with Gasteiger partial charge in [0.25, 0.3) is 0 Å². The molecule has 0 fully saturated rings. The molecule has 0 bridgehead atoms. The molecular formula is C20H31IN4O. The van der Waals surface area contributed by atoms with E-state index in [9.17, 15) is 0 Å². The third kappa shape index (κ3) is 6.39. The predicted octanol–water partition coefficient (Wildman–Crippen LogP) is 3.97. The van der Waals surface area contributed by atoms with Crippen molar-refractivity contribution in [3.63, 3.8) is 0 Å². The summed E-state index contributed by atoms with van der Waals surface area (Å²) in [7, 11) is 1.75. The largest absolute Gasteiger partial charge is 0.379 e. The fraction of sp³-hybridized carbons (Fsp3) is 0.500. The Bertz CT molecular complexity index is 707. The molecule has 0 aliphatic heterocycles. The average Bonchev–Trinajstić information content (AvgIpc) is 2.59. The summed E-state index contributed by atoms with van der Waals surface area (Å²) in [6.07, 6.45) is 1.93. The maximum atomic E-state index is 5.61. The molecular weight excluding hydrogens is 439 g/mol. The average molecular weight is 470 g/mol. The molecule has 1 aromatic heterocycles. The molecule has 0 spiro atoms. The molecule has 5 nitrogen and oxygen atoms in total. The van der Waals surface area contributed by atoms with Gasteiger partial charge in [0.05, 0.1) is 18.2 Å². The number of aliphatic imine (C=N–C) groups is 1. The lowest BCUT2D eigenvalue weighted by Crippen LogP contribution is -2.45. The van der Waals surface area contributed by atoms with Gasteiger partial charge in [-0.05, 0) is 24.0 Å². The van der Waals surface area contributed by atoms with Crippen molar-refractivity contribution in [3.8, 4) is 0 Å². The molecule has 144 valence electrons. The van der Waals surface area contributed by atoms with Crippen LogP contribution >= 0.6 is 24.0 Å². The van der Waals surface area contributed by atoms with Crippen molar-refractivity contribution in [1.82, 2.24) is 15.6 Å². The number of aromatic nitrogens is 1. The molecule has 0 saturated carbocycles. The van der Waals surface area contributed by atoms with Crippen molar-refractivity contribution in [2.45, 2.75) is 40.3 Å². The van der Waals surface area contributed by atoms with Crippen molar-refractivity contribution >= 4 is 40.8 Å². The molecule has 0 radical (unpaired) electrons. The van der Waals surface area contributed by atoms with E-state index in [-0.39, 0.29) is 35.5 Å². The van der Waals surface area contributed by atoms with Gasteiger partial charge in [-0.2, -0.15) is 0 Å². The van der Waals surface area contributed by atoms with Gasteiger partial charge in [0, 0.05) is 31.8 Å². The first kappa shape index (κ1) is 22.6. The Labute approximate surface area is 174 Å². The van der Waals surface area contributed by atoms with E-state index < -0.39 is 0 Å². The van der Waals surface area contributed by atoms with Gasteiger partial charge >= 0.3 is 0 Å². The van der Waals surface area contributed by atoms with Gasteiger partial charge in [-0.1, -0.05) is 45.0 Å². The summed E-state index contributed by atoms with van der Waals surface area (Å²) in [5, 5.41) is 7.82. The van der Waals surface area contributed by atoms with Crippen LogP contribution in [0.4, 0.5) is 0 Å². The smallest absolute Gasteiger partial charge is 0.191 e. The molecule has 1 aromatic carbocycles. The van der Waals surface area contributed by atoms with Crippen molar-refractivity contribution in [2.75, 3.05) is 20.2 Å². The molecule has 2 rings (SSSR count). The van der Waals surface area contributed by atoms with E-state index in [1.54, 1.807) is 7.11 Å². The van der Waals surface area contributed by atoms with Crippen LogP contribution in [0.2, 0.25) is 0 Å². The number of benzene rings is 1. The number of nitrogens with zero attached hydrogens (tertiary/aromatic N) is 2. The molecule has 2 aromatic rings. The summed E-state index contributed by atoms with van der Waals surface area (Å²) in [6, 6.07) is 10.2. The molecule has 0 saturated heterocycles. The molecule has 0 amide bonds. The number of fused-ring (bicyclic) bond motifs is 1. The number of hydrogen-bond donors (Lipinski definition) is 2. The molecule has 6 heteroatoms. The Kier molecular flexibility index (Phi) is 9.29. The lowest BCUT2D eigenvalue weighted by molar-refractivity contribution is 0.0205. The van der Waals surface area contributed by atoms with E-state index in [0.29, 0.717) is 13.1 Å². The van der Waals surface area contributed by atoms with E-state index in [0.717, 1.165) is 29.0 Å². The van der Waals surface area contributed by atoms with Gasteiger partial charge in [-0.15, -0.1) is 24.0 Å². The van der Waals surface area contributed by atoms with Crippen LogP contribution in [0.1, 0.15) is 33.3 Å². The molecule has 1 unspecified atom stereocenters. The van der Waals surface area contributed by atoms with Crippen LogP contribution in [0.3, 0.4) is 0 Å². The molecule has 2 N–H and O–H groups in total. The number of halogens is 1. The Morgan fingerprint density at radius 3 is 2.58 bits per heavy atom. The molecule has 0 aliphatic rings. The molecule has 0 aliphatic carbocycles. The van der Waals surface area contributed by atoms with Crippen LogP contribution in [0.25, 0.3) is 10.9 Å². The Hall–Kier alpha value is -1.41. The lowest BCUT2D eigenvalue weighted by atomic mass is 9.89. The summed E-state index contributed by atoms with van der Waals surface area (Å²) in [5.74, 6) is 0.793. The zero-order valence-electron chi connectivity index (χ0n) is 16.4. The minimum atomic E-state index is 0. The van der Waals surface area contributed by atoms with Crippen LogP contribution in [-0.2, 0) is 11.3 Å². The third-order valence-corrected chi connectivity index (χ3v) is 4.17. The van der Waals surface area contributed by atoms with Crippen molar-refractivity contribution in [1.29, 1.82) is 0 Å². The number of guanidine groups is 1. The lowest BCUT2D eigenvalue weighted by Gasteiger charge is -2.30. The first-order chi connectivity index (χ1) is 12.0. The fourth-order valence-corrected chi connectivity index (χ4v) is 2.73. The highest BCUT2D eigenvalue weighted by Gasteiger charge is 2.24. The summed E-state index contributed by atoms with van der Waals surface area (Å²) in [4.78, 5) is 9.22. The SMILES string of the molecule is CCNC(=NCc1cccc2cccnc12)NCC(OC)C(C)(C)C.I. The number of para-hydroxylation sites is 1. The number of ether oxygens (including phenoxy) is 1. The van der Waals surface area contributed by atoms with Crippen LogP contribution in [0, 0.1) is 5.41 Å². The summed E-state index contributed by atoms with van der Waals surface area (Å²) >= 11 is 0. The number of nitrogens with one attached hydrogen (secondary N) is 2. The third-order valence-electron chi connectivity index (χ3n) is 4.17. The Morgan fingerprint density at radius 1 is 1.19 bits per heavy atom. The van der Waals surface area contributed by atoms with Crippen molar-refractivity contribution in [2.24, 2.45) is 10.4 Å². The van der Waals surface area contributed by atoms with E-state index in [1.807, 2.05) is 12.3 Å². The first-order valence-corrected chi connectivity index (χ1v) is 8.83. The van der Waals surface area contributed by atoms with Gasteiger partial charge in [-0.25, -0.2) is 4.99 Å². The topological polar surface area (TPSA) is 58.5 Å². The maximum absolute atomic E-state index is 5.61.